The maximum Gasteiger partial charge on any atom is 0.221 e. The van der Waals surface area contributed by atoms with Gasteiger partial charge in [-0.25, -0.2) is 4.98 Å². The number of aromatic nitrogens is 2. The monoisotopic (exact) mass is 429 g/mol. The van der Waals surface area contributed by atoms with Crippen LogP contribution in [-0.4, -0.2) is 35.3 Å². The van der Waals surface area contributed by atoms with E-state index in [4.69, 9.17) is 9.47 Å². The number of ether oxygens (including phenoxy) is 2. The zero-order chi connectivity index (χ0) is 22.8. The van der Waals surface area contributed by atoms with Gasteiger partial charge in [0.25, 0.3) is 0 Å². The van der Waals surface area contributed by atoms with Gasteiger partial charge in [-0.3, -0.25) is 14.0 Å². The predicted molar refractivity (Wildman–Crippen MR) is 123 cm³/mol. The van der Waals surface area contributed by atoms with Gasteiger partial charge in [0.15, 0.2) is 11.4 Å². The van der Waals surface area contributed by atoms with Crippen molar-refractivity contribution in [2.24, 2.45) is 0 Å². The number of rotatable bonds is 6. The molecule has 7 nitrogen and oxygen atoms in total. The zero-order valence-electron chi connectivity index (χ0n) is 18.3. The highest BCUT2D eigenvalue weighted by Gasteiger charge is 2.16. The largest absolute Gasteiger partial charge is 0.497 e. The van der Waals surface area contributed by atoms with E-state index < -0.39 is 0 Å². The van der Waals surface area contributed by atoms with Crippen molar-refractivity contribution in [1.82, 2.24) is 9.38 Å². The predicted octanol–water partition coefficient (Wildman–Crippen LogP) is 4.85. The van der Waals surface area contributed by atoms with E-state index in [1.54, 1.807) is 26.5 Å². The van der Waals surface area contributed by atoms with Crippen LogP contribution in [0.25, 0.3) is 28.0 Å². The number of anilines is 1. The standard InChI is InChI=1S/C25H23N3O4/c1-15(29)17-6-5-7-18(10-17)23-13-26-25-22(27-16(2)30)11-19(14-28(23)25)21-9-8-20(31-3)12-24(21)32-4/h5-14H,1-4H3,(H,27,30). The number of nitrogens with zero attached hydrogens (tertiary/aromatic N) is 2. The first-order valence-electron chi connectivity index (χ1n) is 10.0. The minimum Gasteiger partial charge on any atom is -0.497 e. The molecule has 0 unspecified atom stereocenters. The van der Waals surface area contributed by atoms with Crippen molar-refractivity contribution in [2.45, 2.75) is 13.8 Å². The number of hydrogen-bond acceptors (Lipinski definition) is 5. The fraction of sp³-hybridized carbons (Fsp3) is 0.160. The highest BCUT2D eigenvalue weighted by atomic mass is 16.5. The van der Waals surface area contributed by atoms with E-state index in [9.17, 15) is 9.59 Å². The van der Waals surface area contributed by atoms with Gasteiger partial charge in [0.05, 0.1) is 31.8 Å². The number of imidazole rings is 1. The Labute approximate surface area is 185 Å². The molecule has 32 heavy (non-hydrogen) atoms. The molecule has 0 saturated carbocycles. The Morgan fingerprint density at radius 2 is 1.78 bits per heavy atom. The second kappa shape index (κ2) is 8.55. The average Bonchev–Trinajstić information content (AvgIpc) is 3.22. The van der Waals surface area contributed by atoms with Gasteiger partial charge >= 0.3 is 0 Å². The fourth-order valence-corrected chi connectivity index (χ4v) is 3.66. The summed E-state index contributed by atoms with van der Waals surface area (Å²) in [5, 5.41) is 2.87. The Hall–Kier alpha value is -4.13. The molecule has 0 aliphatic carbocycles. The molecule has 0 atom stereocenters. The van der Waals surface area contributed by atoms with E-state index in [0.29, 0.717) is 28.4 Å². The Morgan fingerprint density at radius 3 is 2.47 bits per heavy atom. The molecule has 2 aromatic heterocycles. The molecule has 0 fully saturated rings. The van der Waals surface area contributed by atoms with Gasteiger partial charge in [-0.15, -0.1) is 0 Å². The van der Waals surface area contributed by atoms with E-state index in [2.05, 4.69) is 10.3 Å². The number of Topliss-reactive ketones (excluding diaryl/α,β-unsaturated/α-hetero) is 1. The van der Waals surface area contributed by atoms with Gasteiger partial charge < -0.3 is 14.8 Å². The molecule has 0 aliphatic rings. The van der Waals surface area contributed by atoms with E-state index in [0.717, 1.165) is 22.4 Å². The van der Waals surface area contributed by atoms with Crippen LogP contribution >= 0.6 is 0 Å². The lowest BCUT2D eigenvalue weighted by molar-refractivity contribution is -0.114. The van der Waals surface area contributed by atoms with Crippen molar-refractivity contribution >= 4 is 23.0 Å². The number of hydrogen-bond donors (Lipinski definition) is 1. The minimum atomic E-state index is -0.200. The van der Waals surface area contributed by atoms with Crippen LogP contribution in [0, 0.1) is 0 Å². The molecule has 0 aliphatic heterocycles. The first-order valence-corrected chi connectivity index (χ1v) is 10.0. The summed E-state index contributed by atoms with van der Waals surface area (Å²) in [6.45, 7) is 2.99. The number of carbonyl (C=O) groups is 2. The van der Waals surface area contributed by atoms with Gasteiger partial charge in [-0.2, -0.15) is 0 Å². The molecular weight excluding hydrogens is 406 g/mol. The van der Waals surface area contributed by atoms with Crippen LogP contribution in [0.4, 0.5) is 5.69 Å². The summed E-state index contributed by atoms with van der Waals surface area (Å²) in [5.41, 5.74) is 5.08. The van der Waals surface area contributed by atoms with Crippen LogP contribution in [0.2, 0.25) is 0 Å². The summed E-state index contributed by atoms with van der Waals surface area (Å²) in [5.74, 6) is 1.10. The van der Waals surface area contributed by atoms with Gasteiger partial charge in [0, 0.05) is 41.4 Å². The molecule has 1 amide bonds. The van der Waals surface area contributed by atoms with Crippen molar-refractivity contribution in [2.75, 3.05) is 19.5 Å². The molecule has 4 aromatic rings. The molecule has 0 radical (unpaired) electrons. The van der Waals surface area contributed by atoms with Crippen molar-refractivity contribution < 1.29 is 19.1 Å². The lowest BCUT2D eigenvalue weighted by atomic mass is 10.0. The number of benzene rings is 2. The first-order chi connectivity index (χ1) is 15.4. The third-order valence-electron chi connectivity index (χ3n) is 5.20. The molecular formula is C25H23N3O4. The SMILES string of the molecule is COc1ccc(-c2cc(NC(C)=O)c3ncc(-c4cccc(C(C)=O)c4)n3c2)c(OC)c1. The maximum atomic E-state index is 11.9. The molecule has 0 spiro atoms. The highest BCUT2D eigenvalue weighted by Crippen LogP contribution is 2.36. The Morgan fingerprint density at radius 1 is 0.969 bits per heavy atom. The molecule has 2 heterocycles. The molecule has 1 N–H and O–H groups in total. The summed E-state index contributed by atoms with van der Waals surface area (Å²) >= 11 is 0. The Kier molecular flexibility index (Phi) is 5.64. The molecule has 0 bridgehead atoms. The number of pyridine rings is 1. The maximum absolute atomic E-state index is 11.9. The second-order valence-electron chi connectivity index (χ2n) is 7.36. The third kappa shape index (κ3) is 3.92. The van der Waals surface area contributed by atoms with E-state index in [1.165, 1.54) is 13.8 Å². The molecule has 162 valence electrons. The van der Waals surface area contributed by atoms with E-state index in [1.807, 2.05) is 53.1 Å². The number of amides is 1. The fourth-order valence-electron chi connectivity index (χ4n) is 3.66. The molecule has 4 rings (SSSR count). The van der Waals surface area contributed by atoms with Gasteiger partial charge in [0.2, 0.25) is 5.91 Å². The Balaban J connectivity index is 1.96. The number of ketones is 1. The Bertz CT molecular complexity index is 1340. The second-order valence-corrected chi connectivity index (χ2v) is 7.36. The number of methoxy groups -OCH3 is 2. The lowest BCUT2D eigenvalue weighted by Gasteiger charge is -2.14. The normalized spacial score (nSPS) is 10.8. The van der Waals surface area contributed by atoms with Crippen molar-refractivity contribution in [3.05, 3.63) is 66.5 Å². The molecule has 0 saturated heterocycles. The lowest BCUT2D eigenvalue weighted by Crippen LogP contribution is -2.08. The third-order valence-corrected chi connectivity index (χ3v) is 5.20. The first kappa shape index (κ1) is 21.1. The number of carbonyl (C=O) groups excluding carboxylic acids is 2. The molecule has 2 aromatic carbocycles. The van der Waals surface area contributed by atoms with Crippen LogP contribution in [0.1, 0.15) is 24.2 Å². The zero-order valence-corrected chi connectivity index (χ0v) is 18.3. The van der Waals surface area contributed by atoms with Crippen LogP contribution < -0.4 is 14.8 Å². The van der Waals surface area contributed by atoms with Gasteiger partial charge in [0.1, 0.15) is 11.5 Å². The topological polar surface area (TPSA) is 81.9 Å². The van der Waals surface area contributed by atoms with Crippen LogP contribution in [0.15, 0.2) is 60.9 Å². The molecule has 7 heteroatoms. The van der Waals surface area contributed by atoms with Gasteiger partial charge in [-0.05, 0) is 31.2 Å². The van der Waals surface area contributed by atoms with E-state index in [-0.39, 0.29) is 11.7 Å². The number of nitrogens with one attached hydrogen (secondary N) is 1. The van der Waals surface area contributed by atoms with E-state index >= 15 is 0 Å². The smallest absolute Gasteiger partial charge is 0.221 e. The van der Waals surface area contributed by atoms with Crippen molar-refractivity contribution in [3.8, 4) is 33.9 Å². The van der Waals surface area contributed by atoms with Crippen LogP contribution in [0.5, 0.6) is 11.5 Å². The summed E-state index contributed by atoms with van der Waals surface area (Å²) in [6, 6.07) is 14.8. The highest BCUT2D eigenvalue weighted by molar-refractivity contribution is 5.96. The van der Waals surface area contributed by atoms with Crippen molar-refractivity contribution in [3.63, 3.8) is 0 Å². The van der Waals surface area contributed by atoms with Crippen LogP contribution in [-0.2, 0) is 4.79 Å². The van der Waals surface area contributed by atoms with Gasteiger partial charge in [-0.1, -0.05) is 18.2 Å². The quantitative estimate of drug-likeness (QED) is 0.443. The summed E-state index contributed by atoms with van der Waals surface area (Å²) < 4.78 is 12.8. The van der Waals surface area contributed by atoms with Crippen molar-refractivity contribution in [1.29, 1.82) is 0 Å². The average molecular weight is 429 g/mol. The van der Waals surface area contributed by atoms with Crippen LogP contribution in [0.3, 0.4) is 0 Å². The summed E-state index contributed by atoms with van der Waals surface area (Å²) in [7, 11) is 3.20. The minimum absolute atomic E-state index is 0.0109. The summed E-state index contributed by atoms with van der Waals surface area (Å²) in [4.78, 5) is 28.3. The number of fused-ring (bicyclic) bond motifs is 1. The summed E-state index contributed by atoms with van der Waals surface area (Å²) in [6.07, 6.45) is 3.67.